The number of carbonyl (C=O) groups is 3. The van der Waals surface area contributed by atoms with Crippen LogP contribution < -0.4 is 16.0 Å². The molecule has 0 spiro atoms. The van der Waals surface area contributed by atoms with Crippen molar-refractivity contribution in [3.05, 3.63) is 48.0 Å². The summed E-state index contributed by atoms with van der Waals surface area (Å²) in [6, 6.07) is 10.8. The zero-order valence-corrected chi connectivity index (χ0v) is 17.0. The molecule has 1 heterocycles. The van der Waals surface area contributed by atoms with Gasteiger partial charge in [0, 0.05) is 17.7 Å². The molecule has 3 amide bonds. The van der Waals surface area contributed by atoms with Crippen LogP contribution in [0.15, 0.2) is 42.5 Å². The minimum absolute atomic E-state index is 0.267. The average Bonchev–Trinajstić information content (AvgIpc) is 2.80. The van der Waals surface area contributed by atoms with E-state index >= 15 is 0 Å². The second-order valence-corrected chi connectivity index (χ2v) is 7.47. The van der Waals surface area contributed by atoms with E-state index in [-0.39, 0.29) is 5.69 Å². The number of imide groups is 1. The summed E-state index contributed by atoms with van der Waals surface area (Å²) < 4.78 is 37.1. The Bertz CT molecular complexity index is 1040. The predicted octanol–water partition coefficient (Wildman–Crippen LogP) is 3.76. The highest BCUT2D eigenvalue weighted by Gasteiger charge is 2.38. The summed E-state index contributed by atoms with van der Waals surface area (Å²) in [6.45, 7) is 2.99. The van der Waals surface area contributed by atoms with Crippen LogP contribution in [0.3, 0.4) is 0 Å². The molecule has 0 aliphatic carbocycles. The average molecular weight is 433 g/mol. The third-order valence-corrected chi connectivity index (χ3v) is 5.21. The Morgan fingerprint density at radius 1 is 1.16 bits per heavy atom. The summed E-state index contributed by atoms with van der Waals surface area (Å²) in [5.41, 5.74) is 8.75. The minimum Gasteiger partial charge on any atom is -0.398 e. The van der Waals surface area contributed by atoms with Gasteiger partial charge in [0.25, 0.3) is 5.91 Å². The highest BCUT2D eigenvalue weighted by atomic mass is 19.4. The first-order valence-electron chi connectivity index (χ1n) is 9.73. The molecule has 3 rings (SSSR count). The van der Waals surface area contributed by atoms with Crippen LogP contribution >= 0.6 is 0 Å². The first kappa shape index (κ1) is 22.3. The van der Waals surface area contributed by atoms with Crippen molar-refractivity contribution in [2.45, 2.75) is 44.8 Å². The number of anilines is 2. The van der Waals surface area contributed by atoms with Crippen molar-refractivity contribution in [2.24, 2.45) is 0 Å². The van der Waals surface area contributed by atoms with E-state index in [0.717, 1.165) is 4.90 Å². The van der Waals surface area contributed by atoms with Gasteiger partial charge >= 0.3 is 6.18 Å². The van der Waals surface area contributed by atoms with Gasteiger partial charge in [-0.1, -0.05) is 30.3 Å². The molecule has 2 atom stereocenters. The fraction of sp³-hybridized carbons (Fsp3) is 0.318. The van der Waals surface area contributed by atoms with Gasteiger partial charge in [0.2, 0.25) is 11.8 Å². The molecule has 31 heavy (non-hydrogen) atoms. The first-order chi connectivity index (χ1) is 14.5. The molecular formula is C22H22F3N3O3. The molecule has 1 unspecified atom stereocenters. The van der Waals surface area contributed by atoms with Crippen LogP contribution in [-0.4, -0.2) is 29.9 Å². The van der Waals surface area contributed by atoms with Crippen LogP contribution in [0.5, 0.6) is 0 Å². The van der Waals surface area contributed by atoms with Crippen molar-refractivity contribution in [3.63, 3.8) is 0 Å². The maximum absolute atomic E-state index is 13.3. The molecule has 3 N–H and O–H groups in total. The van der Waals surface area contributed by atoms with Crippen LogP contribution in [-0.2, 0) is 14.4 Å². The fourth-order valence-corrected chi connectivity index (χ4v) is 3.64. The van der Waals surface area contributed by atoms with Crippen molar-refractivity contribution >= 4 is 29.1 Å². The number of nitrogens with one attached hydrogen (secondary N) is 1. The standard InChI is InChI=1S/C22H22F3N3O3/c1-12-14-6-3-4-7-15(14)19-16(26)8-5-9-17(19)28(20(12)30)21(31)13(2)27-18(29)10-11-22(23,24)25/h3-9,12-13H,10-11,26H2,1-2H3,(H,27,29)/t12?,13-/m0/s1. The predicted molar refractivity (Wildman–Crippen MR) is 110 cm³/mol. The molecule has 1 aliphatic heterocycles. The molecule has 0 radical (unpaired) electrons. The molecule has 164 valence electrons. The molecule has 2 aromatic carbocycles. The maximum Gasteiger partial charge on any atom is 0.389 e. The highest BCUT2D eigenvalue weighted by Crippen LogP contribution is 2.44. The molecule has 0 bridgehead atoms. The highest BCUT2D eigenvalue weighted by molar-refractivity contribution is 6.22. The van der Waals surface area contributed by atoms with Gasteiger partial charge in [-0.25, -0.2) is 4.90 Å². The van der Waals surface area contributed by atoms with Crippen molar-refractivity contribution < 1.29 is 27.6 Å². The molecule has 0 fully saturated rings. The van der Waals surface area contributed by atoms with Crippen LogP contribution in [0.4, 0.5) is 24.5 Å². The first-order valence-corrected chi connectivity index (χ1v) is 9.73. The van der Waals surface area contributed by atoms with Crippen molar-refractivity contribution in [1.29, 1.82) is 0 Å². The Kier molecular flexibility index (Phi) is 6.06. The summed E-state index contributed by atoms with van der Waals surface area (Å²) in [5.74, 6) is -2.88. The topological polar surface area (TPSA) is 92.5 Å². The number of fused-ring (bicyclic) bond motifs is 3. The van der Waals surface area contributed by atoms with E-state index in [9.17, 15) is 27.6 Å². The normalized spacial score (nSPS) is 16.7. The number of benzene rings is 2. The van der Waals surface area contributed by atoms with Crippen molar-refractivity contribution in [3.8, 4) is 11.1 Å². The van der Waals surface area contributed by atoms with Gasteiger partial charge in [0.15, 0.2) is 0 Å². The molecule has 9 heteroatoms. The van der Waals surface area contributed by atoms with E-state index in [4.69, 9.17) is 5.73 Å². The lowest BCUT2D eigenvalue weighted by molar-refractivity contribution is -0.144. The van der Waals surface area contributed by atoms with E-state index in [2.05, 4.69) is 5.32 Å². The molecular weight excluding hydrogens is 411 g/mol. The van der Waals surface area contributed by atoms with E-state index in [1.807, 2.05) is 6.07 Å². The Hall–Kier alpha value is -3.36. The summed E-state index contributed by atoms with van der Waals surface area (Å²) >= 11 is 0. The monoisotopic (exact) mass is 433 g/mol. The number of carbonyl (C=O) groups excluding carboxylic acids is 3. The van der Waals surface area contributed by atoms with Crippen LogP contribution in [0.2, 0.25) is 0 Å². The SMILES string of the molecule is CC1C(=O)N(C(=O)[C@H](C)NC(=O)CCC(F)(F)F)c2cccc(N)c2-c2ccccc21. The maximum atomic E-state index is 13.3. The number of nitrogen functional groups attached to an aromatic ring is 1. The molecule has 1 aliphatic rings. The Labute approximate surface area is 177 Å². The largest absolute Gasteiger partial charge is 0.398 e. The number of rotatable bonds is 4. The number of alkyl halides is 3. The third-order valence-electron chi connectivity index (χ3n) is 5.21. The zero-order valence-electron chi connectivity index (χ0n) is 17.0. The van der Waals surface area contributed by atoms with Crippen molar-refractivity contribution in [1.82, 2.24) is 5.32 Å². The van der Waals surface area contributed by atoms with Gasteiger partial charge < -0.3 is 11.1 Å². The van der Waals surface area contributed by atoms with Gasteiger partial charge in [-0.15, -0.1) is 0 Å². The molecule has 6 nitrogen and oxygen atoms in total. The third kappa shape index (κ3) is 4.55. The number of amides is 3. The smallest absolute Gasteiger partial charge is 0.389 e. The summed E-state index contributed by atoms with van der Waals surface area (Å²) in [5, 5.41) is 2.26. The van der Waals surface area contributed by atoms with Gasteiger partial charge in [-0.2, -0.15) is 13.2 Å². The van der Waals surface area contributed by atoms with E-state index in [1.54, 1.807) is 43.3 Å². The summed E-state index contributed by atoms with van der Waals surface area (Å²) in [7, 11) is 0. The van der Waals surface area contributed by atoms with E-state index in [0.29, 0.717) is 22.4 Å². The lowest BCUT2D eigenvalue weighted by Crippen LogP contribution is -2.50. The number of halogens is 3. The van der Waals surface area contributed by atoms with Gasteiger partial charge in [0.05, 0.1) is 18.0 Å². The summed E-state index contributed by atoms with van der Waals surface area (Å²) in [6.07, 6.45) is -6.59. The Morgan fingerprint density at radius 3 is 2.52 bits per heavy atom. The van der Waals surface area contributed by atoms with E-state index < -0.39 is 48.7 Å². The number of hydrogen-bond donors (Lipinski definition) is 2. The van der Waals surface area contributed by atoms with Gasteiger partial charge in [-0.05, 0) is 37.1 Å². The summed E-state index contributed by atoms with van der Waals surface area (Å²) in [4.78, 5) is 39.3. The lowest BCUT2D eigenvalue weighted by atomic mass is 9.92. The molecule has 2 aromatic rings. The van der Waals surface area contributed by atoms with Crippen LogP contribution in [0, 0.1) is 0 Å². The fourth-order valence-electron chi connectivity index (χ4n) is 3.64. The second kappa shape index (κ2) is 8.41. The Balaban J connectivity index is 1.96. The number of nitrogens with two attached hydrogens (primary N) is 1. The lowest BCUT2D eigenvalue weighted by Gasteiger charge is -2.26. The van der Waals surface area contributed by atoms with Gasteiger partial charge in [-0.3, -0.25) is 14.4 Å². The van der Waals surface area contributed by atoms with Crippen molar-refractivity contribution in [2.75, 3.05) is 10.6 Å². The van der Waals surface area contributed by atoms with Crippen LogP contribution in [0.1, 0.15) is 38.2 Å². The molecule has 0 saturated carbocycles. The molecule has 0 aromatic heterocycles. The second-order valence-electron chi connectivity index (χ2n) is 7.47. The minimum atomic E-state index is -4.48. The Morgan fingerprint density at radius 2 is 1.84 bits per heavy atom. The number of hydrogen-bond acceptors (Lipinski definition) is 4. The zero-order chi connectivity index (χ0) is 22.9. The van der Waals surface area contributed by atoms with Crippen LogP contribution in [0.25, 0.3) is 11.1 Å². The molecule has 0 saturated heterocycles. The van der Waals surface area contributed by atoms with E-state index in [1.165, 1.54) is 6.92 Å². The number of nitrogens with zero attached hydrogens (tertiary/aromatic N) is 1. The quantitative estimate of drug-likeness (QED) is 0.718. The van der Waals surface area contributed by atoms with Gasteiger partial charge in [0.1, 0.15) is 6.04 Å².